The Balaban J connectivity index is 1.77. The summed E-state index contributed by atoms with van der Waals surface area (Å²) in [5.41, 5.74) is 0.589. The number of halogens is 1. The number of amides is 1. The molecular formula is C15H14FNO3S. The van der Waals surface area contributed by atoms with Gasteiger partial charge in [0.25, 0.3) is 5.85 Å². The SMILES string of the molecule is COc1ccc(N2CC(F)(Cc3cccs3)OC2=O)cc1. The van der Waals surface area contributed by atoms with E-state index in [2.05, 4.69) is 0 Å². The van der Waals surface area contributed by atoms with Gasteiger partial charge in [-0.2, -0.15) is 4.39 Å². The van der Waals surface area contributed by atoms with E-state index in [1.54, 1.807) is 31.4 Å². The largest absolute Gasteiger partial charge is 0.497 e. The molecule has 1 aromatic heterocycles. The first-order chi connectivity index (χ1) is 10.1. The third-order valence-electron chi connectivity index (χ3n) is 3.29. The number of anilines is 1. The van der Waals surface area contributed by atoms with Crippen molar-refractivity contribution < 1.29 is 18.7 Å². The van der Waals surface area contributed by atoms with E-state index in [0.29, 0.717) is 11.4 Å². The molecule has 1 amide bonds. The summed E-state index contributed by atoms with van der Waals surface area (Å²) in [4.78, 5) is 14.1. The number of carbonyl (C=O) groups is 1. The molecule has 0 radical (unpaired) electrons. The van der Waals surface area contributed by atoms with Crippen molar-refractivity contribution in [2.45, 2.75) is 12.3 Å². The first kappa shape index (κ1) is 13.9. The first-order valence-electron chi connectivity index (χ1n) is 6.45. The highest BCUT2D eigenvalue weighted by Gasteiger charge is 2.46. The Hall–Kier alpha value is -2.08. The second-order valence-corrected chi connectivity index (χ2v) is 5.82. The Kier molecular flexibility index (Phi) is 3.55. The van der Waals surface area contributed by atoms with Gasteiger partial charge in [0.05, 0.1) is 13.5 Å². The van der Waals surface area contributed by atoms with E-state index in [-0.39, 0.29) is 13.0 Å². The molecule has 1 unspecified atom stereocenters. The summed E-state index contributed by atoms with van der Waals surface area (Å²) in [6, 6.07) is 10.5. The Morgan fingerprint density at radius 2 is 2.14 bits per heavy atom. The van der Waals surface area contributed by atoms with Gasteiger partial charge in [0, 0.05) is 10.6 Å². The van der Waals surface area contributed by atoms with Crippen LogP contribution in [0.2, 0.25) is 0 Å². The number of hydrogen-bond donors (Lipinski definition) is 0. The van der Waals surface area contributed by atoms with Crippen molar-refractivity contribution in [1.82, 2.24) is 0 Å². The first-order valence-corrected chi connectivity index (χ1v) is 7.33. The van der Waals surface area contributed by atoms with Gasteiger partial charge >= 0.3 is 6.09 Å². The van der Waals surface area contributed by atoms with Gasteiger partial charge in [0.15, 0.2) is 0 Å². The van der Waals surface area contributed by atoms with Crippen molar-refractivity contribution in [3.05, 3.63) is 46.7 Å². The molecule has 1 aliphatic rings. The Morgan fingerprint density at radius 3 is 2.76 bits per heavy atom. The van der Waals surface area contributed by atoms with Crippen LogP contribution < -0.4 is 9.64 Å². The maximum absolute atomic E-state index is 14.7. The quantitative estimate of drug-likeness (QED) is 0.866. The van der Waals surface area contributed by atoms with E-state index in [9.17, 15) is 9.18 Å². The number of hydrogen-bond acceptors (Lipinski definition) is 4. The average molecular weight is 307 g/mol. The molecule has 0 bridgehead atoms. The number of nitrogens with zero attached hydrogens (tertiary/aromatic N) is 1. The predicted molar refractivity (Wildman–Crippen MR) is 78.7 cm³/mol. The minimum absolute atomic E-state index is 0.0725. The van der Waals surface area contributed by atoms with E-state index in [4.69, 9.17) is 9.47 Å². The summed E-state index contributed by atoms with van der Waals surface area (Å²) in [6.07, 6.45) is -0.595. The Bertz CT molecular complexity index is 629. The Morgan fingerprint density at radius 1 is 1.38 bits per heavy atom. The van der Waals surface area contributed by atoms with Crippen LogP contribution in [0.5, 0.6) is 5.75 Å². The minimum Gasteiger partial charge on any atom is -0.497 e. The summed E-state index contributed by atoms with van der Waals surface area (Å²) < 4.78 is 24.7. The molecule has 1 saturated heterocycles. The fourth-order valence-electron chi connectivity index (χ4n) is 2.27. The van der Waals surface area contributed by atoms with Gasteiger partial charge in [-0.25, -0.2) is 4.79 Å². The molecule has 6 heteroatoms. The van der Waals surface area contributed by atoms with Crippen LogP contribution in [-0.4, -0.2) is 25.6 Å². The number of ether oxygens (including phenoxy) is 2. The van der Waals surface area contributed by atoms with Gasteiger partial charge in [-0.05, 0) is 35.7 Å². The molecular weight excluding hydrogens is 293 g/mol. The molecule has 2 aromatic rings. The molecule has 0 spiro atoms. The smallest absolute Gasteiger partial charge is 0.417 e. The summed E-state index contributed by atoms with van der Waals surface area (Å²) in [6.45, 7) is -0.115. The maximum atomic E-state index is 14.7. The second kappa shape index (κ2) is 5.37. The molecule has 0 N–H and O–H groups in total. The lowest BCUT2D eigenvalue weighted by Gasteiger charge is -2.16. The van der Waals surface area contributed by atoms with Crippen molar-refractivity contribution in [3.63, 3.8) is 0 Å². The molecule has 110 valence electrons. The van der Waals surface area contributed by atoms with E-state index in [1.807, 2.05) is 17.5 Å². The highest BCUT2D eigenvalue weighted by Crippen LogP contribution is 2.33. The van der Waals surface area contributed by atoms with E-state index in [0.717, 1.165) is 4.88 Å². The van der Waals surface area contributed by atoms with Crippen LogP contribution in [0.4, 0.5) is 14.9 Å². The van der Waals surface area contributed by atoms with Gasteiger partial charge in [0.2, 0.25) is 0 Å². The fraction of sp³-hybridized carbons (Fsp3) is 0.267. The number of cyclic esters (lactones) is 1. The number of benzene rings is 1. The standard InChI is InChI=1S/C15H14FNO3S/c1-19-12-6-4-11(5-7-12)17-10-15(16,20-14(17)18)9-13-3-2-8-21-13/h2-8H,9-10H2,1H3. The molecule has 2 heterocycles. The van der Waals surface area contributed by atoms with Gasteiger partial charge in [-0.1, -0.05) is 6.07 Å². The van der Waals surface area contributed by atoms with E-state index in [1.165, 1.54) is 16.2 Å². The summed E-state index contributed by atoms with van der Waals surface area (Å²) >= 11 is 1.45. The van der Waals surface area contributed by atoms with Crippen LogP contribution in [0.3, 0.4) is 0 Å². The lowest BCUT2D eigenvalue weighted by Crippen LogP contribution is -2.31. The van der Waals surface area contributed by atoms with E-state index >= 15 is 0 Å². The molecule has 3 rings (SSSR count). The summed E-state index contributed by atoms with van der Waals surface area (Å²) in [7, 11) is 1.56. The molecule has 1 aliphatic heterocycles. The van der Waals surface area contributed by atoms with Gasteiger partial charge < -0.3 is 9.47 Å². The van der Waals surface area contributed by atoms with Crippen molar-refractivity contribution in [2.24, 2.45) is 0 Å². The lowest BCUT2D eigenvalue weighted by molar-refractivity contribution is -0.0556. The van der Waals surface area contributed by atoms with Gasteiger partial charge in [-0.15, -0.1) is 11.3 Å². The molecule has 4 nitrogen and oxygen atoms in total. The normalized spacial score (nSPS) is 21.4. The van der Waals surface area contributed by atoms with Crippen molar-refractivity contribution >= 4 is 23.1 Å². The summed E-state index contributed by atoms with van der Waals surface area (Å²) in [5.74, 6) is -1.31. The van der Waals surface area contributed by atoms with Crippen LogP contribution in [0.15, 0.2) is 41.8 Å². The van der Waals surface area contributed by atoms with E-state index < -0.39 is 11.9 Å². The molecule has 1 atom stereocenters. The molecule has 0 aliphatic carbocycles. The van der Waals surface area contributed by atoms with Crippen LogP contribution in [0.25, 0.3) is 0 Å². The van der Waals surface area contributed by atoms with Crippen molar-refractivity contribution in [2.75, 3.05) is 18.6 Å². The van der Waals surface area contributed by atoms with Crippen LogP contribution in [0.1, 0.15) is 4.88 Å². The van der Waals surface area contributed by atoms with Gasteiger partial charge in [-0.3, -0.25) is 4.90 Å². The minimum atomic E-state index is -1.98. The predicted octanol–water partition coefficient (Wildman–Crippen LogP) is 3.62. The third kappa shape index (κ3) is 2.85. The highest BCUT2D eigenvalue weighted by atomic mass is 32.1. The lowest BCUT2D eigenvalue weighted by atomic mass is 10.2. The monoisotopic (exact) mass is 307 g/mol. The van der Waals surface area contributed by atoms with Gasteiger partial charge in [0.1, 0.15) is 12.3 Å². The molecule has 0 saturated carbocycles. The number of thiophene rings is 1. The van der Waals surface area contributed by atoms with Crippen LogP contribution >= 0.6 is 11.3 Å². The van der Waals surface area contributed by atoms with Crippen molar-refractivity contribution in [3.8, 4) is 5.75 Å². The Labute approximate surface area is 125 Å². The third-order valence-corrected chi connectivity index (χ3v) is 4.16. The van der Waals surface area contributed by atoms with Crippen LogP contribution in [0, 0.1) is 0 Å². The summed E-state index contributed by atoms with van der Waals surface area (Å²) in [5, 5.41) is 1.87. The maximum Gasteiger partial charge on any atom is 0.417 e. The second-order valence-electron chi connectivity index (χ2n) is 4.79. The zero-order valence-electron chi connectivity index (χ0n) is 11.4. The zero-order valence-corrected chi connectivity index (χ0v) is 12.2. The molecule has 1 aromatic carbocycles. The zero-order chi connectivity index (χ0) is 14.9. The van der Waals surface area contributed by atoms with Crippen LogP contribution in [-0.2, 0) is 11.2 Å². The van der Waals surface area contributed by atoms with Crippen molar-refractivity contribution in [1.29, 1.82) is 0 Å². The number of methoxy groups -OCH3 is 1. The highest BCUT2D eigenvalue weighted by molar-refractivity contribution is 7.09. The number of carbonyl (C=O) groups excluding carboxylic acids is 1. The number of rotatable bonds is 4. The fourth-order valence-corrected chi connectivity index (χ4v) is 3.06. The number of alkyl halides is 1. The molecule has 21 heavy (non-hydrogen) atoms. The topological polar surface area (TPSA) is 38.8 Å². The average Bonchev–Trinajstić information content (AvgIpc) is 3.07. The molecule has 1 fully saturated rings.